The van der Waals surface area contributed by atoms with Crippen LogP contribution in [0.3, 0.4) is 0 Å². The predicted octanol–water partition coefficient (Wildman–Crippen LogP) is 2.43. The first-order valence-corrected chi connectivity index (χ1v) is 9.85. The molecule has 0 aromatic heterocycles. The molecule has 0 fully saturated rings. The number of rotatable bonds is 7. The molecular formula is C19H17FN2O5S. The highest BCUT2D eigenvalue weighted by molar-refractivity contribution is 7.91. The summed E-state index contributed by atoms with van der Waals surface area (Å²) in [5, 5.41) is 11.3. The quantitative estimate of drug-likeness (QED) is 0.560. The fourth-order valence-corrected chi connectivity index (χ4v) is 3.38. The van der Waals surface area contributed by atoms with Crippen molar-refractivity contribution < 1.29 is 27.1 Å². The zero-order chi connectivity index (χ0) is 20.7. The Morgan fingerprint density at radius 3 is 2.32 bits per heavy atom. The summed E-state index contributed by atoms with van der Waals surface area (Å²) < 4.78 is 42.1. The van der Waals surface area contributed by atoms with E-state index < -0.39 is 45.8 Å². The van der Waals surface area contributed by atoms with Crippen molar-refractivity contribution in [2.45, 2.75) is 24.3 Å². The van der Waals surface area contributed by atoms with Crippen LogP contribution in [0.5, 0.6) is 0 Å². The summed E-state index contributed by atoms with van der Waals surface area (Å²) in [6, 6.07) is 12.3. The lowest BCUT2D eigenvalue weighted by Gasteiger charge is -2.13. The van der Waals surface area contributed by atoms with E-state index in [4.69, 9.17) is 10.00 Å². The lowest BCUT2D eigenvalue weighted by atomic mass is 10.2. The number of benzene rings is 2. The number of nitriles is 1. The van der Waals surface area contributed by atoms with Crippen molar-refractivity contribution in [3.05, 3.63) is 59.9 Å². The van der Waals surface area contributed by atoms with E-state index in [2.05, 4.69) is 5.32 Å². The molecule has 0 radical (unpaired) electrons. The average Bonchev–Trinajstić information content (AvgIpc) is 2.67. The number of nitrogens with one attached hydrogen (secondary N) is 1. The molecular weight excluding hydrogens is 387 g/mol. The number of ether oxygens (including phenoxy) is 1. The van der Waals surface area contributed by atoms with Crippen LogP contribution in [0.1, 0.15) is 18.9 Å². The van der Waals surface area contributed by atoms with E-state index in [-0.39, 0.29) is 4.90 Å². The van der Waals surface area contributed by atoms with Gasteiger partial charge >= 0.3 is 5.97 Å². The predicted molar refractivity (Wildman–Crippen MR) is 98.4 cm³/mol. The number of carbonyl (C=O) groups excluding carboxylic acids is 2. The van der Waals surface area contributed by atoms with Crippen LogP contribution in [-0.2, 0) is 24.2 Å². The third kappa shape index (κ3) is 5.89. The molecule has 0 saturated carbocycles. The molecule has 2 aromatic rings. The van der Waals surface area contributed by atoms with Crippen LogP contribution in [0.25, 0.3) is 0 Å². The van der Waals surface area contributed by atoms with Gasteiger partial charge in [-0.3, -0.25) is 9.59 Å². The summed E-state index contributed by atoms with van der Waals surface area (Å²) in [4.78, 5) is 23.8. The highest BCUT2D eigenvalue weighted by atomic mass is 32.2. The molecule has 0 bridgehead atoms. The van der Waals surface area contributed by atoms with Crippen LogP contribution >= 0.6 is 0 Å². The fourth-order valence-electron chi connectivity index (χ4n) is 2.16. The van der Waals surface area contributed by atoms with Gasteiger partial charge in [-0.2, -0.15) is 5.26 Å². The normalized spacial score (nSPS) is 11.9. The van der Waals surface area contributed by atoms with Crippen molar-refractivity contribution in [2.75, 3.05) is 11.1 Å². The molecule has 146 valence electrons. The molecule has 1 N–H and O–H groups in total. The highest BCUT2D eigenvalue weighted by Gasteiger charge is 2.21. The van der Waals surface area contributed by atoms with Crippen molar-refractivity contribution in [3.8, 4) is 6.07 Å². The van der Waals surface area contributed by atoms with Crippen LogP contribution in [0, 0.1) is 17.1 Å². The SMILES string of the molecule is C[C@H](OC(=O)CCS(=O)(=O)c1ccc(F)cc1)C(=O)Nc1ccc(C#N)cc1. The molecule has 0 aliphatic carbocycles. The van der Waals surface area contributed by atoms with Crippen molar-refractivity contribution in [1.82, 2.24) is 0 Å². The van der Waals surface area contributed by atoms with Gasteiger partial charge in [0.2, 0.25) is 0 Å². The second-order valence-corrected chi connectivity index (χ2v) is 7.94. The number of hydrogen-bond donors (Lipinski definition) is 1. The Labute approximate surface area is 161 Å². The third-order valence-corrected chi connectivity index (χ3v) is 5.44. The Kier molecular flexibility index (Phi) is 6.84. The minimum absolute atomic E-state index is 0.103. The summed E-state index contributed by atoms with van der Waals surface area (Å²) >= 11 is 0. The largest absolute Gasteiger partial charge is 0.453 e. The Bertz CT molecular complexity index is 996. The van der Waals surface area contributed by atoms with E-state index in [0.717, 1.165) is 24.3 Å². The molecule has 0 saturated heterocycles. The molecule has 1 amide bonds. The number of sulfone groups is 1. The molecule has 9 heteroatoms. The smallest absolute Gasteiger partial charge is 0.307 e. The van der Waals surface area contributed by atoms with Crippen LogP contribution in [-0.4, -0.2) is 32.2 Å². The number of amides is 1. The number of nitrogens with zero attached hydrogens (tertiary/aromatic N) is 1. The molecule has 28 heavy (non-hydrogen) atoms. The van der Waals surface area contributed by atoms with E-state index in [9.17, 15) is 22.4 Å². The lowest BCUT2D eigenvalue weighted by Crippen LogP contribution is -2.30. The molecule has 0 spiro atoms. The van der Waals surface area contributed by atoms with Crippen LogP contribution in [0.15, 0.2) is 53.4 Å². The molecule has 0 heterocycles. The number of anilines is 1. The molecule has 2 rings (SSSR count). The summed E-state index contributed by atoms with van der Waals surface area (Å²) in [5.41, 5.74) is 0.852. The Morgan fingerprint density at radius 2 is 1.75 bits per heavy atom. The second-order valence-electron chi connectivity index (χ2n) is 5.83. The average molecular weight is 404 g/mol. The van der Waals surface area contributed by atoms with Gasteiger partial charge in [-0.05, 0) is 55.5 Å². The van der Waals surface area contributed by atoms with Crippen LogP contribution in [0.2, 0.25) is 0 Å². The number of carbonyl (C=O) groups is 2. The van der Waals surface area contributed by atoms with Gasteiger partial charge in [0.1, 0.15) is 5.82 Å². The Hall–Kier alpha value is -3.25. The molecule has 0 unspecified atom stereocenters. The van der Waals surface area contributed by atoms with Crippen molar-refractivity contribution in [1.29, 1.82) is 5.26 Å². The van der Waals surface area contributed by atoms with Gasteiger partial charge < -0.3 is 10.1 Å². The van der Waals surface area contributed by atoms with Gasteiger partial charge in [0, 0.05) is 5.69 Å². The zero-order valence-electron chi connectivity index (χ0n) is 14.9. The standard InChI is InChI=1S/C19H17FN2O5S/c1-13(19(24)22-16-6-2-14(12-21)3-7-16)27-18(23)10-11-28(25,26)17-8-4-15(20)5-9-17/h2-9,13H,10-11H2,1H3,(H,22,24)/t13-/m0/s1. The molecule has 1 atom stereocenters. The van der Waals surface area contributed by atoms with Gasteiger partial charge in [-0.25, -0.2) is 12.8 Å². The summed E-state index contributed by atoms with van der Waals surface area (Å²) in [5.74, 6) is -2.55. The molecule has 0 aliphatic rings. The van der Waals surface area contributed by atoms with E-state index in [0.29, 0.717) is 11.3 Å². The first kappa shape index (κ1) is 21.1. The minimum Gasteiger partial charge on any atom is -0.453 e. The second kappa shape index (κ2) is 9.10. The number of halogens is 1. The van der Waals surface area contributed by atoms with Crippen LogP contribution < -0.4 is 5.32 Å². The maximum absolute atomic E-state index is 12.9. The fraction of sp³-hybridized carbons (Fsp3) is 0.211. The van der Waals surface area contributed by atoms with Gasteiger partial charge in [0.15, 0.2) is 15.9 Å². The first-order chi connectivity index (χ1) is 13.2. The van der Waals surface area contributed by atoms with Gasteiger partial charge in [-0.15, -0.1) is 0 Å². The summed E-state index contributed by atoms with van der Waals surface area (Å²) in [6.45, 7) is 1.35. The summed E-state index contributed by atoms with van der Waals surface area (Å²) in [6.07, 6.45) is -1.59. The van der Waals surface area contributed by atoms with Gasteiger partial charge in [0.25, 0.3) is 5.91 Å². The first-order valence-electron chi connectivity index (χ1n) is 8.20. The van der Waals surface area contributed by atoms with Crippen molar-refractivity contribution >= 4 is 27.4 Å². The topological polar surface area (TPSA) is 113 Å². The monoisotopic (exact) mass is 404 g/mol. The third-order valence-electron chi connectivity index (χ3n) is 3.71. The maximum Gasteiger partial charge on any atom is 0.307 e. The lowest BCUT2D eigenvalue weighted by molar-refractivity contribution is -0.152. The van der Waals surface area contributed by atoms with Gasteiger partial charge in [0.05, 0.1) is 28.7 Å². The van der Waals surface area contributed by atoms with E-state index in [1.807, 2.05) is 6.07 Å². The maximum atomic E-state index is 12.9. The van der Waals surface area contributed by atoms with Gasteiger partial charge in [-0.1, -0.05) is 0 Å². The molecule has 0 aliphatic heterocycles. The van der Waals surface area contributed by atoms with Crippen molar-refractivity contribution in [2.24, 2.45) is 0 Å². The minimum atomic E-state index is -3.78. The Morgan fingerprint density at radius 1 is 1.14 bits per heavy atom. The van der Waals surface area contributed by atoms with Crippen molar-refractivity contribution in [3.63, 3.8) is 0 Å². The number of esters is 1. The van der Waals surface area contributed by atoms with E-state index in [1.165, 1.54) is 31.2 Å². The summed E-state index contributed by atoms with van der Waals surface area (Å²) in [7, 11) is -3.78. The molecule has 2 aromatic carbocycles. The van der Waals surface area contributed by atoms with E-state index >= 15 is 0 Å². The van der Waals surface area contributed by atoms with Crippen LogP contribution in [0.4, 0.5) is 10.1 Å². The number of hydrogen-bond acceptors (Lipinski definition) is 6. The highest BCUT2D eigenvalue weighted by Crippen LogP contribution is 2.14. The molecule has 7 nitrogen and oxygen atoms in total. The van der Waals surface area contributed by atoms with E-state index in [1.54, 1.807) is 0 Å². The zero-order valence-corrected chi connectivity index (χ0v) is 15.7. The Balaban J connectivity index is 1.86.